The van der Waals surface area contributed by atoms with Crippen LogP contribution in [0.4, 0.5) is 5.69 Å². The van der Waals surface area contributed by atoms with Crippen LogP contribution in [0.15, 0.2) is 18.3 Å². The molecule has 16 heavy (non-hydrogen) atoms. The second-order valence-electron chi connectivity index (χ2n) is 3.81. The van der Waals surface area contributed by atoms with Crippen molar-refractivity contribution < 1.29 is 0 Å². The average Bonchev–Trinajstić information content (AvgIpc) is 2.79. The minimum absolute atomic E-state index is 0.346. The van der Waals surface area contributed by atoms with Gasteiger partial charge in [-0.15, -0.1) is 0 Å². The molecule has 1 aromatic heterocycles. The zero-order chi connectivity index (χ0) is 11.4. The van der Waals surface area contributed by atoms with Crippen molar-refractivity contribution in [1.29, 1.82) is 0 Å². The van der Waals surface area contributed by atoms with Gasteiger partial charge in [-0.1, -0.05) is 12.2 Å². The molecule has 1 atom stereocenters. The highest BCUT2D eigenvalue weighted by Gasteiger charge is 2.14. The number of nitrogens with zero attached hydrogens (tertiary/aromatic N) is 1. The van der Waals surface area contributed by atoms with Crippen LogP contribution in [0, 0.1) is 0 Å². The van der Waals surface area contributed by atoms with Crippen LogP contribution in [-0.4, -0.2) is 27.5 Å². The number of nitrogens with two attached hydrogens (primary N) is 1. The van der Waals surface area contributed by atoms with Crippen LogP contribution in [0.1, 0.15) is 18.5 Å². The zero-order valence-electron chi connectivity index (χ0n) is 8.98. The van der Waals surface area contributed by atoms with E-state index in [1.54, 1.807) is 6.20 Å². The topological polar surface area (TPSA) is 50.9 Å². The number of anilines is 1. The largest absolute Gasteiger partial charge is 0.388 e. The fourth-order valence-electron chi connectivity index (χ4n) is 1.71. The highest BCUT2D eigenvalue weighted by molar-refractivity contribution is 8.00. The number of thiocarbonyl (C=S) groups is 1. The van der Waals surface area contributed by atoms with Gasteiger partial charge < -0.3 is 11.1 Å². The first-order chi connectivity index (χ1) is 7.75. The van der Waals surface area contributed by atoms with E-state index in [0.717, 1.165) is 17.5 Å². The first-order valence-electron chi connectivity index (χ1n) is 5.37. The molecule has 0 aromatic carbocycles. The van der Waals surface area contributed by atoms with E-state index in [-0.39, 0.29) is 0 Å². The Morgan fingerprint density at radius 3 is 3.25 bits per heavy atom. The van der Waals surface area contributed by atoms with Gasteiger partial charge in [-0.2, -0.15) is 11.8 Å². The summed E-state index contributed by atoms with van der Waals surface area (Å²) < 4.78 is 0. The number of rotatable bonds is 4. The third-order valence-corrected chi connectivity index (χ3v) is 4.18. The number of hydrogen-bond acceptors (Lipinski definition) is 4. The molecule has 1 aliphatic rings. The molecule has 2 rings (SSSR count). The smallest absolute Gasteiger partial charge is 0.122 e. The van der Waals surface area contributed by atoms with Gasteiger partial charge >= 0.3 is 0 Å². The average molecular weight is 253 g/mol. The lowest BCUT2D eigenvalue weighted by molar-refractivity contribution is 0.805. The van der Waals surface area contributed by atoms with Crippen molar-refractivity contribution in [2.24, 2.45) is 5.73 Å². The minimum atomic E-state index is 0.346. The number of pyridine rings is 1. The summed E-state index contributed by atoms with van der Waals surface area (Å²) in [4.78, 5) is 4.45. The molecule has 0 amide bonds. The van der Waals surface area contributed by atoms with Gasteiger partial charge in [0, 0.05) is 23.7 Å². The van der Waals surface area contributed by atoms with Crippen LogP contribution in [0.3, 0.4) is 0 Å². The molecule has 3 N–H and O–H groups in total. The zero-order valence-corrected chi connectivity index (χ0v) is 10.6. The van der Waals surface area contributed by atoms with Crippen molar-refractivity contribution in [3.8, 4) is 0 Å². The van der Waals surface area contributed by atoms with Crippen molar-refractivity contribution in [3.63, 3.8) is 0 Å². The van der Waals surface area contributed by atoms with Crippen molar-refractivity contribution in [2.45, 2.75) is 18.1 Å². The van der Waals surface area contributed by atoms with Crippen LogP contribution in [0.2, 0.25) is 0 Å². The Balaban J connectivity index is 1.93. The van der Waals surface area contributed by atoms with E-state index in [1.165, 1.54) is 18.6 Å². The Hall–Kier alpha value is -0.810. The maximum Gasteiger partial charge on any atom is 0.122 e. The van der Waals surface area contributed by atoms with E-state index in [9.17, 15) is 0 Å². The molecule has 1 fully saturated rings. The van der Waals surface area contributed by atoms with Gasteiger partial charge in [-0.25, -0.2) is 0 Å². The lowest BCUT2D eigenvalue weighted by Gasteiger charge is -2.11. The molecule has 0 saturated carbocycles. The van der Waals surface area contributed by atoms with Crippen LogP contribution in [0.25, 0.3) is 0 Å². The van der Waals surface area contributed by atoms with Crippen molar-refractivity contribution in [1.82, 2.24) is 4.98 Å². The third-order valence-electron chi connectivity index (χ3n) is 2.57. The molecule has 1 saturated heterocycles. The van der Waals surface area contributed by atoms with Gasteiger partial charge in [0.15, 0.2) is 0 Å². The highest BCUT2D eigenvalue weighted by atomic mass is 32.2. The van der Waals surface area contributed by atoms with Gasteiger partial charge in [0.25, 0.3) is 0 Å². The Kier molecular flexibility index (Phi) is 4.01. The Morgan fingerprint density at radius 2 is 2.56 bits per heavy atom. The number of nitrogens with one attached hydrogen (secondary N) is 1. The predicted octanol–water partition coefficient (Wildman–Crippen LogP) is 2.02. The highest BCUT2D eigenvalue weighted by Crippen LogP contribution is 2.26. The maximum atomic E-state index is 5.54. The van der Waals surface area contributed by atoms with E-state index in [2.05, 4.69) is 10.3 Å². The summed E-state index contributed by atoms with van der Waals surface area (Å²) in [6.07, 6.45) is 4.38. The van der Waals surface area contributed by atoms with Gasteiger partial charge in [-0.05, 0) is 30.7 Å². The lowest BCUT2D eigenvalue weighted by atomic mass is 10.2. The molecule has 86 valence electrons. The van der Waals surface area contributed by atoms with E-state index in [0.29, 0.717) is 10.7 Å². The third kappa shape index (κ3) is 3.09. The first-order valence-corrected chi connectivity index (χ1v) is 6.83. The first kappa shape index (κ1) is 11.7. The summed E-state index contributed by atoms with van der Waals surface area (Å²) >= 11 is 6.94. The molecule has 5 heteroatoms. The van der Waals surface area contributed by atoms with Gasteiger partial charge in [0.05, 0.1) is 5.69 Å². The summed E-state index contributed by atoms with van der Waals surface area (Å²) in [5, 5.41) is 4.14. The molecular formula is C11H15N3S2. The fourth-order valence-corrected chi connectivity index (χ4v) is 3.03. The number of hydrogen-bond donors (Lipinski definition) is 2. The van der Waals surface area contributed by atoms with Gasteiger partial charge in [0.1, 0.15) is 4.99 Å². The van der Waals surface area contributed by atoms with Crippen molar-refractivity contribution >= 4 is 34.7 Å². The minimum Gasteiger partial charge on any atom is -0.388 e. The van der Waals surface area contributed by atoms with Crippen LogP contribution < -0.4 is 11.1 Å². The second kappa shape index (κ2) is 5.50. The molecule has 0 aliphatic carbocycles. The number of thioether (sulfide) groups is 1. The quantitative estimate of drug-likeness (QED) is 0.804. The Morgan fingerprint density at radius 1 is 1.69 bits per heavy atom. The molecule has 1 unspecified atom stereocenters. The van der Waals surface area contributed by atoms with E-state index >= 15 is 0 Å². The molecule has 0 bridgehead atoms. The monoisotopic (exact) mass is 253 g/mol. The Labute approximate surface area is 105 Å². The van der Waals surface area contributed by atoms with Crippen molar-refractivity contribution in [2.75, 3.05) is 17.6 Å². The van der Waals surface area contributed by atoms with Crippen LogP contribution >= 0.6 is 24.0 Å². The van der Waals surface area contributed by atoms with E-state index in [1.807, 2.05) is 23.9 Å². The molecule has 2 heterocycles. The second-order valence-corrected chi connectivity index (χ2v) is 5.66. The normalized spacial score (nSPS) is 19.6. The summed E-state index contributed by atoms with van der Waals surface area (Å²) in [6.45, 7) is 1.01. The molecule has 0 radical (unpaired) electrons. The van der Waals surface area contributed by atoms with Crippen LogP contribution in [0.5, 0.6) is 0 Å². The number of aromatic nitrogens is 1. The summed E-state index contributed by atoms with van der Waals surface area (Å²) in [7, 11) is 0. The van der Waals surface area contributed by atoms with Gasteiger partial charge in [-0.3, -0.25) is 4.98 Å². The molecule has 0 spiro atoms. The van der Waals surface area contributed by atoms with Crippen LogP contribution in [-0.2, 0) is 0 Å². The summed E-state index contributed by atoms with van der Waals surface area (Å²) in [5.41, 5.74) is 7.26. The standard InChI is InChI=1S/C11H15N3S2/c12-11(15)10-6-8(3-4-13-10)14-7-9-2-1-5-16-9/h3-4,6,9H,1-2,5,7H2,(H2,12,15)(H,13,14). The summed E-state index contributed by atoms with van der Waals surface area (Å²) in [5.74, 6) is 1.29. The lowest BCUT2D eigenvalue weighted by Crippen LogP contribution is -2.15. The predicted molar refractivity (Wildman–Crippen MR) is 74.1 cm³/mol. The van der Waals surface area contributed by atoms with E-state index < -0.39 is 0 Å². The Bertz CT molecular complexity index is 375. The summed E-state index contributed by atoms with van der Waals surface area (Å²) in [6, 6.07) is 3.85. The molecule has 1 aliphatic heterocycles. The molecule has 3 nitrogen and oxygen atoms in total. The maximum absolute atomic E-state index is 5.54. The van der Waals surface area contributed by atoms with E-state index in [4.69, 9.17) is 18.0 Å². The SMILES string of the molecule is NC(=S)c1cc(NCC2CCCS2)ccn1. The fraction of sp³-hybridized carbons (Fsp3) is 0.455. The van der Waals surface area contributed by atoms with Gasteiger partial charge in [0.2, 0.25) is 0 Å². The van der Waals surface area contributed by atoms with Crippen molar-refractivity contribution in [3.05, 3.63) is 24.0 Å². The molecular weight excluding hydrogens is 238 g/mol. The molecule has 1 aromatic rings.